The van der Waals surface area contributed by atoms with Gasteiger partial charge in [0, 0.05) is 10.5 Å². The van der Waals surface area contributed by atoms with Crippen molar-refractivity contribution < 1.29 is 12.8 Å². The van der Waals surface area contributed by atoms with Gasteiger partial charge in [-0.05, 0) is 53.7 Å². The molecule has 114 valence electrons. The second-order valence-electron chi connectivity index (χ2n) is 4.50. The summed E-state index contributed by atoms with van der Waals surface area (Å²) in [4.78, 5) is 0.0744. The molecule has 1 heterocycles. The van der Waals surface area contributed by atoms with Gasteiger partial charge in [0.2, 0.25) is 0 Å². The lowest BCUT2D eigenvalue weighted by atomic mass is 10.2. The van der Waals surface area contributed by atoms with Gasteiger partial charge in [-0.3, -0.25) is 4.72 Å². The molecule has 2 N–H and O–H groups in total. The third kappa shape index (κ3) is 4.09. The highest BCUT2D eigenvalue weighted by Gasteiger charge is 2.22. The number of benzene rings is 1. The first kappa shape index (κ1) is 16.5. The van der Waals surface area contributed by atoms with Crippen LogP contribution in [0.4, 0.5) is 5.69 Å². The minimum absolute atomic E-state index is 0.0744. The second-order valence-corrected chi connectivity index (χ2v) is 7.79. The van der Waals surface area contributed by atoms with Gasteiger partial charge in [0.15, 0.2) is 4.67 Å². The molecule has 0 spiro atoms. The fraction of sp³-hybridized carbons (Fsp3) is 0.231. The van der Waals surface area contributed by atoms with Crippen molar-refractivity contribution in [3.8, 4) is 0 Å². The Bertz CT molecular complexity index is 737. The van der Waals surface area contributed by atoms with Crippen molar-refractivity contribution in [3.63, 3.8) is 0 Å². The molecule has 0 amide bonds. The highest BCUT2D eigenvalue weighted by atomic mass is 79.9. The molecule has 8 heteroatoms. The highest BCUT2D eigenvalue weighted by Crippen LogP contribution is 2.29. The third-order valence-corrected chi connectivity index (χ3v) is 5.34. The van der Waals surface area contributed by atoms with E-state index in [-0.39, 0.29) is 9.56 Å². The van der Waals surface area contributed by atoms with Crippen LogP contribution >= 0.6 is 31.9 Å². The average Bonchev–Trinajstić information content (AvgIpc) is 2.69. The number of nitrogens with one attached hydrogen (secondary N) is 2. The maximum absolute atomic E-state index is 12.4. The van der Waals surface area contributed by atoms with Gasteiger partial charge in [0.1, 0.15) is 10.7 Å². The molecule has 0 aliphatic heterocycles. The maximum Gasteiger partial charge on any atom is 0.266 e. The minimum atomic E-state index is -3.71. The van der Waals surface area contributed by atoms with Crippen molar-refractivity contribution >= 4 is 47.6 Å². The largest absolute Gasteiger partial charge is 0.451 e. The van der Waals surface area contributed by atoms with E-state index in [0.29, 0.717) is 18.0 Å². The smallest absolute Gasteiger partial charge is 0.266 e. The van der Waals surface area contributed by atoms with Gasteiger partial charge in [-0.25, -0.2) is 8.42 Å². The van der Waals surface area contributed by atoms with E-state index in [2.05, 4.69) is 41.9 Å². The van der Waals surface area contributed by atoms with Crippen molar-refractivity contribution in [2.75, 3.05) is 11.8 Å². The molecule has 2 aromatic rings. The molecule has 0 aliphatic rings. The summed E-state index contributed by atoms with van der Waals surface area (Å²) in [5.41, 5.74) is 1.44. The second kappa shape index (κ2) is 6.51. The fourth-order valence-corrected chi connectivity index (χ4v) is 4.49. The number of aryl methyl sites for hydroxylation is 1. The van der Waals surface area contributed by atoms with E-state index in [1.54, 1.807) is 19.2 Å². The first-order valence-corrected chi connectivity index (χ1v) is 9.11. The number of hydrogen-bond donors (Lipinski definition) is 2. The molecular weight excluding hydrogens is 424 g/mol. The Kier molecular flexibility index (Phi) is 5.13. The van der Waals surface area contributed by atoms with Crippen LogP contribution in [-0.2, 0) is 16.6 Å². The van der Waals surface area contributed by atoms with Crippen molar-refractivity contribution in [1.82, 2.24) is 5.32 Å². The van der Waals surface area contributed by atoms with E-state index in [0.717, 1.165) is 10.0 Å². The Hall–Kier alpha value is -0.830. The summed E-state index contributed by atoms with van der Waals surface area (Å²) in [7, 11) is -1.96. The molecule has 2 rings (SSSR count). The van der Waals surface area contributed by atoms with E-state index in [4.69, 9.17) is 4.42 Å². The molecule has 0 fully saturated rings. The summed E-state index contributed by atoms with van der Waals surface area (Å²) in [5.74, 6) is 0.537. The Labute approximate surface area is 140 Å². The van der Waals surface area contributed by atoms with Crippen LogP contribution in [0.1, 0.15) is 11.3 Å². The Balaban J connectivity index is 2.33. The third-order valence-electron chi connectivity index (χ3n) is 2.64. The predicted molar refractivity (Wildman–Crippen MR) is 88.9 cm³/mol. The van der Waals surface area contributed by atoms with Crippen molar-refractivity contribution in [2.24, 2.45) is 0 Å². The molecule has 0 radical (unpaired) electrons. The molecule has 1 aromatic heterocycles. The lowest BCUT2D eigenvalue weighted by Crippen LogP contribution is -2.13. The zero-order valence-corrected chi connectivity index (χ0v) is 15.4. The van der Waals surface area contributed by atoms with Crippen LogP contribution in [0.5, 0.6) is 0 Å². The SMILES string of the molecule is CNCc1cc(S(=O)(=O)Nc2cc(C)cc(Br)c2)c(Br)o1. The molecule has 1 aromatic carbocycles. The van der Waals surface area contributed by atoms with Crippen LogP contribution in [0.15, 0.2) is 42.7 Å². The van der Waals surface area contributed by atoms with E-state index in [1.165, 1.54) is 6.07 Å². The lowest BCUT2D eigenvalue weighted by Gasteiger charge is -2.08. The van der Waals surface area contributed by atoms with Crippen molar-refractivity contribution in [1.29, 1.82) is 0 Å². The zero-order valence-electron chi connectivity index (χ0n) is 11.4. The van der Waals surface area contributed by atoms with E-state index < -0.39 is 10.0 Å². The van der Waals surface area contributed by atoms with Crippen LogP contribution in [-0.4, -0.2) is 15.5 Å². The maximum atomic E-state index is 12.4. The molecule has 0 unspecified atom stereocenters. The standard InChI is InChI=1S/C13H14Br2N2O3S/c1-8-3-9(14)5-10(4-8)17-21(18,19)12-6-11(7-16-2)20-13(12)15/h3-6,16-17H,7H2,1-2H3. The van der Waals surface area contributed by atoms with Gasteiger partial charge in [-0.15, -0.1) is 0 Å². The van der Waals surface area contributed by atoms with E-state index in [1.807, 2.05) is 13.0 Å². The Morgan fingerprint density at radius 2 is 1.90 bits per heavy atom. The Morgan fingerprint density at radius 1 is 1.19 bits per heavy atom. The van der Waals surface area contributed by atoms with Crippen LogP contribution < -0.4 is 10.0 Å². The first-order chi connectivity index (χ1) is 9.81. The number of furan rings is 1. The molecule has 0 aliphatic carbocycles. The van der Waals surface area contributed by atoms with Gasteiger partial charge >= 0.3 is 0 Å². The Morgan fingerprint density at radius 3 is 2.52 bits per heavy atom. The lowest BCUT2D eigenvalue weighted by molar-refractivity contribution is 0.470. The van der Waals surface area contributed by atoms with E-state index in [9.17, 15) is 8.42 Å². The molecule has 5 nitrogen and oxygen atoms in total. The molecule has 0 atom stereocenters. The summed E-state index contributed by atoms with van der Waals surface area (Å²) >= 11 is 6.49. The van der Waals surface area contributed by atoms with Gasteiger partial charge in [-0.2, -0.15) is 0 Å². The van der Waals surface area contributed by atoms with Crippen molar-refractivity contribution in [3.05, 3.63) is 44.7 Å². The van der Waals surface area contributed by atoms with Crippen LogP contribution in [0.25, 0.3) is 0 Å². The predicted octanol–water partition coefficient (Wildman–Crippen LogP) is 3.63. The molecular formula is C13H14Br2N2O3S. The molecule has 21 heavy (non-hydrogen) atoms. The topological polar surface area (TPSA) is 71.3 Å². The fourth-order valence-electron chi connectivity index (χ4n) is 1.85. The summed E-state index contributed by atoms with van der Waals surface area (Å²) in [6, 6.07) is 6.85. The van der Waals surface area contributed by atoms with Gasteiger partial charge in [0.25, 0.3) is 10.0 Å². The first-order valence-electron chi connectivity index (χ1n) is 6.04. The normalized spacial score (nSPS) is 11.6. The summed E-state index contributed by atoms with van der Waals surface area (Å²) in [6.07, 6.45) is 0. The monoisotopic (exact) mass is 436 g/mol. The quantitative estimate of drug-likeness (QED) is 0.749. The number of hydrogen-bond acceptors (Lipinski definition) is 4. The number of halogens is 2. The van der Waals surface area contributed by atoms with Gasteiger partial charge < -0.3 is 9.73 Å². The summed E-state index contributed by atoms with van der Waals surface area (Å²) in [6.45, 7) is 2.34. The van der Waals surface area contributed by atoms with Crippen molar-refractivity contribution in [2.45, 2.75) is 18.4 Å². The summed E-state index contributed by atoms with van der Waals surface area (Å²) < 4.78 is 33.7. The molecule has 0 bridgehead atoms. The number of anilines is 1. The minimum Gasteiger partial charge on any atom is -0.451 e. The van der Waals surface area contributed by atoms with Crippen LogP contribution in [0, 0.1) is 6.92 Å². The highest BCUT2D eigenvalue weighted by molar-refractivity contribution is 9.10. The van der Waals surface area contributed by atoms with E-state index >= 15 is 0 Å². The van der Waals surface area contributed by atoms with Crippen LogP contribution in [0.3, 0.4) is 0 Å². The molecule has 0 saturated carbocycles. The van der Waals surface area contributed by atoms with Gasteiger partial charge in [0.05, 0.1) is 12.2 Å². The number of rotatable bonds is 5. The summed E-state index contributed by atoms with van der Waals surface area (Å²) in [5, 5.41) is 2.90. The number of sulfonamides is 1. The zero-order chi connectivity index (χ0) is 15.6. The average molecular weight is 438 g/mol. The van der Waals surface area contributed by atoms with Crippen LogP contribution in [0.2, 0.25) is 0 Å². The molecule has 0 saturated heterocycles. The van der Waals surface area contributed by atoms with Gasteiger partial charge in [-0.1, -0.05) is 15.9 Å².